The highest BCUT2D eigenvalue weighted by Crippen LogP contribution is 2.24. The van der Waals surface area contributed by atoms with E-state index in [-0.39, 0.29) is 10.7 Å². The largest absolute Gasteiger partial charge is 0.439 e. The average Bonchev–Trinajstić information content (AvgIpc) is 3.13. The molecule has 0 radical (unpaired) electrons. The Kier molecular flexibility index (Phi) is 5.93. The number of carbonyl (C=O) groups is 1. The number of aromatic nitrogens is 4. The number of anilines is 1. The van der Waals surface area contributed by atoms with E-state index in [9.17, 15) is 13.2 Å². The first-order valence-electron chi connectivity index (χ1n) is 9.97. The van der Waals surface area contributed by atoms with Gasteiger partial charge < -0.3 is 4.74 Å². The molecule has 0 amide bonds. The number of sulfonamides is 1. The molecule has 33 heavy (non-hydrogen) atoms. The molecule has 2 aromatic carbocycles. The van der Waals surface area contributed by atoms with Crippen LogP contribution in [-0.2, 0) is 10.0 Å². The van der Waals surface area contributed by atoms with Crippen molar-refractivity contribution < 1.29 is 17.9 Å². The van der Waals surface area contributed by atoms with Crippen molar-refractivity contribution in [3.63, 3.8) is 0 Å². The number of ketones is 1. The Labute approximate surface area is 191 Å². The summed E-state index contributed by atoms with van der Waals surface area (Å²) in [6.45, 7) is 5.29. The van der Waals surface area contributed by atoms with Crippen LogP contribution in [0, 0.1) is 13.8 Å². The predicted octanol–water partition coefficient (Wildman–Crippen LogP) is 4.07. The number of hydrogen-bond donors (Lipinski definition) is 1. The third-order valence-electron chi connectivity index (χ3n) is 5.03. The standard InChI is InChI=1S/C23H21N5O4S/c1-15-16(2)28(14-26-15)22-12-23(25-13-24-22)32-20-8-6-19(7-9-20)27-33(30,31)21-10-4-18(5-11-21)17(3)29/h4-14,27H,1-3H3. The molecule has 0 atom stereocenters. The van der Waals surface area contributed by atoms with Crippen LogP contribution in [0.2, 0.25) is 0 Å². The summed E-state index contributed by atoms with van der Waals surface area (Å²) in [6, 6.07) is 13.9. The minimum Gasteiger partial charge on any atom is -0.439 e. The highest BCUT2D eigenvalue weighted by Gasteiger charge is 2.15. The fourth-order valence-corrected chi connectivity index (χ4v) is 4.10. The molecular formula is C23H21N5O4S. The van der Waals surface area contributed by atoms with Crippen LogP contribution in [0.3, 0.4) is 0 Å². The van der Waals surface area contributed by atoms with Crippen molar-refractivity contribution in [3.8, 4) is 17.4 Å². The summed E-state index contributed by atoms with van der Waals surface area (Å²) in [5.74, 6) is 1.31. The minimum absolute atomic E-state index is 0.0615. The van der Waals surface area contributed by atoms with Crippen molar-refractivity contribution in [2.45, 2.75) is 25.7 Å². The van der Waals surface area contributed by atoms with E-state index in [0.717, 1.165) is 11.4 Å². The maximum Gasteiger partial charge on any atom is 0.261 e. The molecule has 0 aliphatic heterocycles. The van der Waals surface area contributed by atoms with Gasteiger partial charge in [-0.05, 0) is 57.2 Å². The number of imidazole rings is 1. The lowest BCUT2D eigenvalue weighted by atomic mass is 10.2. The van der Waals surface area contributed by atoms with Crippen LogP contribution in [0.1, 0.15) is 28.7 Å². The second kappa shape index (κ2) is 8.83. The van der Waals surface area contributed by atoms with Crippen LogP contribution in [0.15, 0.2) is 72.1 Å². The summed E-state index contributed by atoms with van der Waals surface area (Å²) in [5, 5.41) is 0. The second-order valence-electron chi connectivity index (χ2n) is 7.31. The van der Waals surface area contributed by atoms with Gasteiger partial charge in [0.15, 0.2) is 5.78 Å². The molecule has 0 aliphatic rings. The lowest BCUT2D eigenvalue weighted by Gasteiger charge is -2.10. The van der Waals surface area contributed by atoms with E-state index in [0.29, 0.717) is 28.7 Å². The number of ether oxygens (including phenoxy) is 1. The summed E-state index contributed by atoms with van der Waals surface area (Å²) in [6.07, 6.45) is 3.09. The average molecular weight is 464 g/mol. The van der Waals surface area contributed by atoms with Crippen molar-refractivity contribution in [2.75, 3.05) is 4.72 Å². The zero-order valence-corrected chi connectivity index (χ0v) is 19.0. The molecule has 0 fully saturated rings. The summed E-state index contributed by atoms with van der Waals surface area (Å²) in [5.41, 5.74) is 2.68. The molecule has 4 aromatic rings. The van der Waals surface area contributed by atoms with Crippen LogP contribution in [-0.4, -0.2) is 33.7 Å². The number of rotatable bonds is 7. The molecule has 4 rings (SSSR count). The SMILES string of the molecule is CC(=O)c1ccc(S(=O)(=O)Nc2ccc(Oc3cc(-n4cnc(C)c4C)ncn3)cc2)cc1. The molecule has 0 bridgehead atoms. The van der Waals surface area contributed by atoms with Crippen molar-refractivity contribution >= 4 is 21.5 Å². The number of carbonyl (C=O) groups excluding carboxylic acids is 1. The first kappa shape index (κ1) is 22.2. The Balaban J connectivity index is 1.47. The summed E-state index contributed by atoms with van der Waals surface area (Å²) < 4.78 is 35.4. The lowest BCUT2D eigenvalue weighted by Crippen LogP contribution is -2.13. The van der Waals surface area contributed by atoms with E-state index in [2.05, 4.69) is 19.7 Å². The highest BCUT2D eigenvalue weighted by molar-refractivity contribution is 7.92. The summed E-state index contributed by atoms with van der Waals surface area (Å²) in [4.78, 5) is 24.1. The topological polar surface area (TPSA) is 116 Å². The molecule has 1 N–H and O–H groups in total. The van der Waals surface area contributed by atoms with Gasteiger partial charge in [-0.3, -0.25) is 14.1 Å². The van der Waals surface area contributed by atoms with Crippen molar-refractivity contribution in [3.05, 3.63) is 84.2 Å². The molecule has 2 heterocycles. The quantitative estimate of drug-likeness (QED) is 0.411. The normalized spacial score (nSPS) is 11.2. The van der Waals surface area contributed by atoms with E-state index in [1.807, 2.05) is 18.4 Å². The van der Waals surface area contributed by atoms with Crippen LogP contribution in [0.25, 0.3) is 5.82 Å². The Morgan fingerprint density at radius 1 is 0.970 bits per heavy atom. The van der Waals surface area contributed by atoms with Crippen LogP contribution in [0.5, 0.6) is 11.6 Å². The highest BCUT2D eigenvalue weighted by atomic mass is 32.2. The molecular weight excluding hydrogens is 442 g/mol. The van der Waals surface area contributed by atoms with Gasteiger partial charge in [-0.1, -0.05) is 12.1 Å². The van der Waals surface area contributed by atoms with E-state index < -0.39 is 10.0 Å². The number of Topliss-reactive ketones (excluding diaryl/α,β-unsaturated/α-hetero) is 1. The van der Waals surface area contributed by atoms with Crippen LogP contribution in [0.4, 0.5) is 5.69 Å². The molecule has 0 saturated carbocycles. The molecule has 10 heteroatoms. The van der Waals surface area contributed by atoms with E-state index >= 15 is 0 Å². The van der Waals surface area contributed by atoms with Gasteiger partial charge in [-0.2, -0.15) is 0 Å². The molecule has 0 aliphatic carbocycles. The Bertz CT molecular complexity index is 1410. The first-order chi connectivity index (χ1) is 15.7. The Morgan fingerprint density at radius 3 is 2.27 bits per heavy atom. The fraction of sp³-hybridized carbons (Fsp3) is 0.130. The maximum atomic E-state index is 12.6. The Hall–Kier alpha value is -4.05. The van der Waals surface area contributed by atoms with Gasteiger partial charge in [-0.15, -0.1) is 0 Å². The number of hydrogen-bond acceptors (Lipinski definition) is 7. The second-order valence-corrected chi connectivity index (χ2v) is 8.99. The number of benzene rings is 2. The molecule has 9 nitrogen and oxygen atoms in total. The summed E-state index contributed by atoms with van der Waals surface area (Å²) >= 11 is 0. The van der Waals surface area contributed by atoms with E-state index in [4.69, 9.17) is 4.74 Å². The monoisotopic (exact) mass is 463 g/mol. The number of nitrogens with one attached hydrogen (secondary N) is 1. The van der Waals surface area contributed by atoms with E-state index in [1.54, 1.807) is 36.7 Å². The van der Waals surface area contributed by atoms with Crippen LogP contribution < -0.4 is 9.46 Å². The minimum atomic E-state index is -3.80. The summed E-state index contributed by atoms with van der Waals surface area (Å²) in [7, 11) is -3.80. The first-order valence-corrected chi connectivity index (χ1v) is 11.5. The van der Waals surface area contributed by atoms with Gasteiger partial charge in [-0.25, -0.2) is 23.4 Å². The zero-order chi connectivity index (χ0) is 23.6. The smallest absolute Gasteiger partial charge is 0.261 e. The predicted molar refractivity (Wildman–Crippen MR) is 122 cm³/mol. The van der Waals surface area contributed by atoms with E-state index in [1.165, 1.54) is 37.5 Å². The van der Waals surface area contributed by atoms with Gasteiger partial charge in [0.05, 0.1) is 10.6 Å². The van der Waals surface area contributed by atoms with Gasteiger partial charge in [0, 0.05) is 23.0 Å². The molecule has 0 unspecified atom stereocenters. The molecule has 0 spiro atoms. The van der Waals surface area contributed by atoms with Gasteiger partial charge >= 0.3 is 0 Å². The number of aryl methyl sites for hydroxylation is 1. The Morgan fingerprint density at radius 2 is 1.67 bits per heavy atom. The number of nitrogens with zero attached hydrogens (tertiary/aromatic N) is 4. The molecule has 0 saturated heterocycles. The maximum absolute atomic E-state index is 12.6. The van der Waals surface area contributed by atoms with Gasteiger partial charge in [0.1, 0.15) is 24.2 Å². The third-order valence-corrected chi connectivity index (χ3v) is 6.42. The molecule has 2 aromatic heterocycles. The van der Waals surface area contributed by atoms with Crippen molar-refractivity contribution in [2.24, 2.45) is 0 Å². The lowest BCUT2D eigenvalue weighted by molar-refractivity contribution is 0.101. The van der Waals surface area contributed by atoms with Gasteiger partial charge in [0.25, 0.3) is 10.0 Å². The fourth-order valence-electron chi connectivity index (χ4n) is 3.04. The van der Waals surface area contributed by atoms with Crippen molar-refractivity contribution in [1.29, 1.82) is 0 Å². The molecule has 168 valence electrons. The third kappa shape index (κ3) is 4.90. The zero-order valence-electron chi connectivity index (χ0n) is 18.2. The van der Waals surface area contributed by atoms with Crippen LogP contribution >= 0.6 is 0 Å². The van der Waals surface area contributed by atoms with Gasteiger partial charge in [0.2, 0.25) is 5.88 Å². The van der Waals surface area contributed by atoms with Crippen molar-refractivity contribution in [1.82, 2.24) is 19.5 Å².